The molecule has 0 nitrogen and oxygen atoms in total. The van der Waals surface area contributed by atoms with E-state index in [1.807, 2.05) is 31.2 Å². The Morgan fingerprint density at radius 2 is 1.43 bits per heavy atom. The smallest absolute Gasteiger partial charge is 0.206 e. The number of fused-ring (bicyclic) bond motifs is 1. The average molecular weight is 505 g/mol. The molecule has 0 aliphatic carbocycles. The summed E-state index contributed by atoms with van der Waals surface area (Å²) < 4.78 is 67.3. The molecule has 0 heterocycles. The second-order valence-electron chi connectivity index (χ2n) is 8.84. The summed E-state index contributed by atoms with van der Waals surface area (Å²) in [6.07, 6.45) is 1.88. The van der Waals surface area contributed by atoms with Crippen LogP contribution in [-0.4, -0.2) is 0 Å². The highest BCUT2D eigenvalue weighted by molar-refractivity contribution is 5.85. The van der Waals surface area contributed by atoms with Gasteiger partial charge in [-0.15, -0.1) is 0 Å². The fraction of sp³-hybridized carbons (Fsp3) is 0.188. The molecule has 0 fully saturated rings. The molecule has 0 amide bonds. The molecule has 0 saturated carbocycles. The quantitative estimate of drug-likeness (QED) is 0.140. The first-order chi connectivity index (χ1) is 17.7. The van der Waals surface area contributed by atoms with Crippen molar-refractivity contribution in [3.05, 3.63) is 130 Å². The number of hydrogen-bond donors (Lipinski definition) is 0. The van der Waals surface area contributed by atoms with Crippen LogP contribution in [0.1, 0.15) is 46.7 Å². The fourth-order valence-electron chi connectivity index (χ4n) is 4.15. The van der Waals surface area contributed by atoms with Crippen molar-refractivity contribution >= 4 is 10.8 Å². The summed E-state index contributed by atoms with van der Waals surface area (Å²) in [7, 11) is 0. The molecule has 0 radical (unpaired) electrons. The van der Waals surface area contributed by atoms with Crippen LogP contribution in [0.5, 0.6) is 0 Å². The van der Waals surface area contributed by atoms with Gasteiger partial charge in [0.1, 0.15) is 11.6 Å². The number of rotatable bonds is 6. The molecule has 4 rings (SSSR count). The lowest BCUT2D eigenvalue weighted by molar-refractivity contribution is -0.140. The van der Waals surface area contributed by atoms with Gasteiger partial charge in [0.25, 0.3) is 0 Å². The summed E-state index contributed by atoms with van der Waals surface area (Å²) in [6.45, 7) is 2.01. The van der Waals surface area contributed by atoms with Crippen LogP contribution in [0, 0.1) is 23.5 Å². The fourth-order valence-corrected chi connectivity index (χ4v) is 4.15. The van der Waals surface area contributed by atoms with Gasteiger partial charge in [-0.3, -0.25) is 0 Å². The maximum atomic E-state index is 15.1. The third-order valence-electron chi connectivity index (χ3n) is 6.20. The molecule has 0 saturated heterocycles. The minimum absolute atomic E-state index is 0.217. The SMILES string of the molecule is C/C=C/CCc1ccc(C#Cc2ccc3c(F)c(CCc4ccc(C(F)(F)F)c(F)c4)ccc3c2)cc1. The third-order valence-corrected chi connectivity index (χ3v) is 6.20. The minimum atomic E-state index is -4.74. The van der Waals surface area contributed by atoms with E-state index in [1.165, 1.54) is 11.6 Å². The lowest BCUT2D eigenvalue weighted by Gasteiger charge is -2.10. The number of benzene rings is 4. The Labute approximate surface area is 213 Å². The van der Waals surface area contributed by atoms with Crippen molar-refractivity contribution < 1.29 is 22.0 Å². The van der Waals surface area contributed by atoms with Crippen molar-refractivity contribution in [3.8, 4) is 11.8 Å². The molecule has 0 spiro atoms. The Morgan fingerprint density at radius 1 is 0.730 bits per heavy atom. The maximum Gasteiger partial charge on any atom is 0.419 e. The van der Waals surface area contributed by atoms with Crippen LogP contribution in [0.15, 0.2) is 84.9 Å². The van der Waals surface area contributed by atoms with Gasteiger partial charge in [0, 0.05) is 16.5 Å². The number of hydrogen-bond acceptors (Lipinski definition) is 0. The van der Waals surface area contributed by atoms with Gasteiger partial charge < -0.3 is 0 Å². The number of aryl methyl sites for hydroxylation is 3. The number of allylic oxidation sites excluding steroid dienone is 2. The van der Waals surface area contributed by atoms with E-state index in [4.69, 9.17) is 0 Å². The van der Waals surface area contributed by atoms with Crippen LogP contribution in [0.3, 0.4) is 0 Å². The van der Waals surface area contributed by atoms with Crippen molar-refractivity contribution in [1.82, 2.24) is 0 Å². The Kier molecular flexibility index (Phi) is 8.08. The second kappa shape index (κ2) is 11.4. The van der Waals surface area contributed by atoms with Gasteiger partial charge >= 0.3 is 6.18 Å². The average Bonchev–Trinajstić information content (AvgIpc) is 2.87. The lowest BCUT2D eigenvalue weighted by atomic mass is 9.98. The van der Waals surface area contributed by atoms with Gasteiger partial charge in [-0.1, -0.05) is 60.4 Å². The number of halogens is 5. The Hall–Kier alpha value is -3.91. The van der Waals surface area contributed by atoms with Gasteiger partial charge in [0.15, 0.2) is 0 Å². The normalized spacial score (nSPS) is 11.6. The molecule has 0 aliphatic rings. The predicted molar refractivity (Wildman–Crippen MR) is 138 cm³/mol. The van der Waals surface area contributed by atoms with E-state index in [0.717, 1.165) is 36.1 Å². The zero-order valence-electron chi connectivity index (χ0n) is 20.3. The highest BCUT2D eigenvalue weighted by Crippen LogP contribution is 2.32. The lowest BCUT2D eigenvalue weighted by Crippen LogP contribution is -2.08. The largest absolute Gasteiger partial charge is 0.419 e. The van der Waals surface area contributed by atoms with E-state index in [0.29, 0.717) is 21.9 Å². The van der Waals surface area contributed by atoms with Gasteiger partial charge in [-0.05, 0) is 91.1 Å². The molecule has 0 atom stereocenters. The van der Waals surface area contributed by atoms with E-state index in [1.54, 1.807) is 24.3 Å². The second-order valence-corrected chi connectivity index (χ2v) is 8.84. The van der Waals surface area contributed by atoms with Crippen molar-refractivity contribution in [3.63, 3.8) is 0 Å². The molecule has 0 aliphatic heterocycles. The molecule has 37 heavy (non-hydrogen) atoms. The molecule has 4 aromatic carbocycles. The Morgan fingerprint density at radius 3 is 2.14 bits per heavy atom. The minimum Gasteiger partial charge on any atom is -0.206 e. The van der Waals surface area contributed by atoms with Gasteiger partial charge in [0.05, 0.1) is 5.56 Å². The monoisotopic (exact) mass is 504 g/mol. The first-order valence-electron chi connectivity index (χ1n) is 12.0. The molecule has 0 unspecified atom stereocenters. The highest BCUT2D eigenvalue weighted by atomic mass is 19.4. The van der Waals surface area contributed by atoms with Crippen molar-refractivity contribution in [2.75, 3.05) is 0 Å². The van der Waals surface area contributed by atoms with Crippen LogP contribution >= 0.6 is 0 Å². The van der Waals surface area contributed by atoms with E-state index >= 15 is 4.39 Å². The maximum absolute atomic E-state index is 15.1. The van der Waals surface area contributed by atoms with E-state index in [9.17, 15) is 17.6 Å². The standard InChI is InChI=1S/C32H25F5/c1-2-3-4-5-22-6-8-23(9-7-22)10-11-24-13-18-28-27(20-24)17-16-26(31(28)34)15-12-25-14-19-29(30(33)21-25)32(35,36)37/h2-3,6-9,13-14,16-21H,4-5,12,15H2,1H3/b3-2+. The topological polar surface area (TPSA) is 0 Å². The van der Waals surface area contributed by atoms with Crippen LogP contribution in [0.25, 0.3) is 10.8 Å². The van der Waals surface area contributed by atoms with Crippen LogP contribution in [-0.2, 0) is 25.4 Å². The summed E-state index contributed by atoms with van der Waals surface area (Å²) in [5.41, 5.74) is 2.41. The van der Waals surface area contributed by atoms with E-state index < -0.39 is 23.4 Å². The predicted octanol–water partition coefficient (Wildman–Crippen LogP) is 8.83. The zero-order valence-corrected chi connectivity index (χ0v) is 20.3. The molecule has 5 heteroatoms. The van der Waals surface area contributed by atoms with E-state index in [2.05, 4.69) is 30.0 Å². The van der Waals surface area contributed by atoms with Crippen LogP contribution in [0.4, 0.5) is 22.0 Å². The first-order valence-corrected chi connectivity index (χ1v) is 12.0. The van der Waals surface area contributed by atoms with Gasteiger partial charge in [0.2, 0.25) is 0 Å². The molecule has 0 N–H and O–H groups in total. The summed E-state index contributed by atoms with van der Waals surface area (Å²) in [5.74, 6) is 4.56. The molecule has 0 bridgehead atoms. The summed E-state index contributed by atoms with van der Waals surface area (Å²) in [5, 5.41) is 1.14. The summed E-state index contributed by atoms with van der Waals surface area (Å²) >= 11 is 0. The molecule has 0 aromatic heterocycles. The van der Waals surface area contributed by atoms with Crippen molar-refractivity contribution in [1.29, 1.82) is 0 Å². The van der Waals surface area contributed by atoms with Crippen molar-refractivity contribution in [2.24, 2.45) is 0 Å². The van der Waals surface area contributed by atoms with Crippen LogP contribution < -0.4 is 0 Å². The van der Waals surface area contributed by atoms with E-state index in [-0.39, 0.29) is 12.8 Å². The van der Waals surface area contributed by atoms with Crippen LogP contribution in [0.2, 0.25) is 0 Å². The Balaban J connectivity index is 1.46. The Bertz CT molecular complexity index is 1480. The first kappa shape index (κ1) is 26.2. The third kappa shape index (κ3) is 6.65. The summed E-state index contributed by atoms with van der Waals surface area (Å²) in [6, 6.07) is 19.7. The highest BCUT2D eigenvalue weighted by Gasteiger charge is 2.33. The molecule has 4 aromatic rings. The van der Waals surface area contributed by atoms with Gasteiger partial charge in [-0.25, -0.2) is 8.78 Å². The number of alkyl halides is 3. The summed E-state index contributed by atoms with van der Waals surface area (Å²) in [4.78, 5) is 0. The molecular formula is C32H25F5. The molecule has 188 valence electrons. The van der Waals surface area contributed by atoms with Crippen molar-refractivity contribution in [2.45, 2.75) is 38.8 Å². The zero-order chi connectivity index (χ0) is 26.4. The van der Waals surface area contributed by atoms with Gasteiger partial charge in [-0.2, -0.15) is 13.2 Å². The molecular weight excluding hydrogens is 479 g/mol.